The maximum atomic E-state index is 12.0. The maximum absolute atomic E-state index is 12.0. The molecule has 0 aliphatic rings. The highest BCUT2D eigenvalue weighted by Crippen LogP contribution is 2.23. The highest BCUT2D eigenvalue weighted by Gasteiger charge is 2.13. The summed E-state index contributed by atoms with van der Waals surface area (Å²) in [6.45, 7) is 3.56. The van der Waals surface area contributed by atoms with Gasteiger partial charge in [-0.2, -0.15) is 20.2 Å². The van der Waals surface area contributed by atoms with E-state index in [2.05, 4.69) is 45.8 Å². The lowest BCUT2D eigenvalue weighted by Gasteiger charge is -2.11. The first-order valence-electron chi connectivity index (χ1n) is 13.4. The Kier molecular flexibility index (Phi) is 10.9. The minimum atomic E-state index is -3.55. The minimum absolute atomic E-state index is 0.150. The number of nitrogens with one attached hydrogen (secondary N) is 5. The third-order valence-corrected chi connectivity index (χ3v) is 10.0. The predicted octanol–water partition coefficient (Wildman–Crippen LogP) is 4.43. The Morgan fingerprint density at radius 1 is 0.689 bits per heavy atom. The van der Waals surface area contributed by atoms with Crippen molar-refractivity contribution in [3.8, 4) is 0 Å². The number of hydrazone groups is 2. The van der Waals surface area contributed by atoms with Gasteiger partial charge in [0.1, 0.15) is 0 Å². The van der Waals surface area contributed by atoms with Gasteiger partial charge in [0.25, 0.3) is 0 Å². The molecular weight excluding hydrogens is 635 g/mol. The van der Waals surface area contributed by atoms with Gasteiger partial charge < -0.3 is 5.32 Å². The Morgan fingerprint density at radius 2 is 1.16 bits per heavy atom. The summed E-state index contributed by atoms with van der Waals surface area (Å²) in [6.07, 6.45) is 1.99. The van der Waals surface area contributed by atoms with E-state index in [0.717, 1.165) is 10.6 Å². The van der Waals surface area contributed by atoms with Crippen LogP contribution in [-0.2, 0) is 20.0 Å². The molecular formula is C29H33N9O4S3. The molecule has 4 rings (SSSR count). The van der Waals surface area contributed by atoms with E-state index in [0.29, 0.717) is 34.2 Å². The second-order valence-corrected chi connectivity index (χ2v) is 14.1. The zero-order valence-electron chi connectivity index (χ0n) is 25.2. The Morgan fingerprint density at radius 3 is 1.58 bits per heavy atom. The van der Waals surface area contributed by atoms with Crippen molar-refractivity contribution >= 4 is 66.5 Å². The van der Waals surface area contributed by atoms with Gasteiger partial charge in [0, 0.05) is 16.6 Å². The molecule has 0 unspecified atom stereocenters. The van der Waals surface area contributed by atoms with E-state index in [1.165, 1.54) is 38.4 Å². The molecule has 1 heterocycles. The average molecular weight is 668 g/mol. The monoisotopic (exact) mass is 667 g/mol. The standard InChI is InChI=1S/C29H33N9O4S3/c1-19(21-9-13-25(14-10-21)44(39,40)30-3)35-37-27-18-28(34-29(33-27)32-23-7-6-8-24(17-23)43-5)38-36-20(2)22-11-15-26(16-12-22)45(41,42)31-4/h6-18,30-31H,1-5H3,(H3,32,33,34,37,38). The number of rotatable bonds is 13. The number of sulfonamides is 2. The molecule has 0 spiro atoms. The summed E-state index contributed by atoms with van der Waals surface area (Å²) < 4.78 is 52.8. The fourth-order valence-corrected chi connectivity index (χ4v) is 5.76. The van der Waals surface area contributed by atoms with Crippen molar-refractivity contribution in [3.05, 3.63) is 90.0 Å². The van der Waals surface area contributed by atoms with Crippen molar-refractivity contribution < 1.29 is 16.8 Å². The average Bonchev–Trinajstić information content (AvgIpc) is 3.06. The summed E-state index contributed by atoms with van der Waals surface area (Å²) >= 11 is 1.61. The van der Waals surface area contributed by atoms with Crippen molar-refractivity contribution in [1.29, 1.82) is 0 Å². The van der Waals surface area contributed by atoms with Crippen LogP contribution in [0.2, 0.25) is 0 Å². The molecule has 0 fully saturated rings. The Labute approximate surface area is 267 Å². The van der Waals surface area contributed by atoms with Crippen LogP contribution in [0.1, 0.15) is 25.0 Å². The van der Waals surface area contributed by atoms with Gasteiger partial charge in [-0.25, -0.2) is 26.3 Å². The zero-order chi connectivity index (χ0) is 32.6. The number of anilines is 4. The number of thioether (sulfide) groups is 1. The van der Waals surface area contributed by atoms with Crippen LogP contribution >= 0.6 is 11.8 Å². The fourth-order valence-electron chi connectivity index (χ4n) is 3.85. The number of benzene rings is 3. The summed E-state index contributed by atoms with van der Waals surface area (Å²) in [5.41, 5.74) is 9.29. The molecule has 0 saturated heterocycles. The third-order valence-electron chi connectivity index (χ3n) is 6.43. The molecule has 0 radical (unpaired) electrons. The van der Waals surface area contributed by atoms with Gasteiger partial charge in [0.15, 0.2) is 11.6 Å². The maximum Gasteiger partial charge on any atom is 0.240 e. The quantitative estimate of drug-likeness (QED) is 0.0778. The normalized spacial score (nSPS) is 12.6. The summed E-state index contributed by atoms with van der Waals surface area (Å²) in [5.74, 6) is 1.00. The molecule has 16 heteroatoms. The molecule has 1 aromatic heterocycles. The van der Waals surface area contributed by atoms with Gasteiger partial charge in [-0.3, -0.25) is 10.9 Å². The van der Waals surface area contributed by atoms with E-state index in [-0.39, 0.29) is 15.7 Å². The molecule has 0 amide bonds. The van der Waals surface area contributed by atoms with E-state index in [4.69, 9.17) is 0 Å². The van der Waals surface area contributed by atoms with Gasteiger partial charge in [-0.1, -0.05) is 30.3 Å². The largest absolute Gasteiger partial charge is 0.324 e. The second kappa shape index (κ2) is 14.6. The van der Waals surface area contributed by atoms with Gasteiger partial charge in [-0.05, 0) is 87.8 Å². The molecule has 45 heavy (non-hydrogen) atoms. The smallest absolute Gasteiger partial charge is 0.240 e. The van der Waals surface area contributed by atoms with Crippen LogP contribution in [0.25, 0.3) is 0 Å². The zero-order valence-corrected chi connectivity index (χ0v) is 27.6. The van der Waals surface area contributed by atoms with Crippen LogP contribution in [0, 0.1) is 0 Å². The molecule has 0 saturated carbocycles. The van der Waals surface area contributed by atoms with Crippen molar-refractivity contribution in [2.75, 3.05) is 36.5 Å². The lowest BCUT2D eigenvalue weighted by molar-refractivity contribution is 0.586. The number of hydrogen-bond donors (Lipinski definition) is 5. The van der Waals surface area contributed by atoms with E-state index >= 15 is 0 Å². The molecule has 0 atom stereocenters. The van der Waals surface area contributed by atoms with Gasteiger partial charge in [0.05, 0.1) is 21.2 Å². The first-order chi connectivity index (χ1) is 21.4. The highest BCUT2D eigenvalue weighted by molar-refractivity contribution is 7.98. The van der Waals surface area contributed by atoms with Crippen molar-refractivity contribution in [3.63, 3.8) is 0 Å². The van der Waals surface area contributed by atoms with Crippen molar-refractivity contribution in [1.82, 2.24) is 19.4 Å². The van der Waals surface area contributed by atoms with Gasteiger partial charge in [-0.15, -0.1) is 11.8 Å². The molecule has 236 valence electrons. The molecule has 0 aliphatic carbocycles. The fraction of sp³-hybridized carbons (Fsp3) is 0.172. The molecule has 0 bridgehead atoms. The molecule has 3 aromatic carbocycles. The van der Waals surface area contributed by atoms with Crippen LogP contribution in [-0.4, -0.2) is 58.6 Å². The first-order valence-corrected chi connectivity index (χ1v) is 17.6. The van der Waals surface area contributed by atoms with Crippen molar-refractivity contribution in [2.45, 2.75) is 28.5 Å². The topological polar surface area (TPSA) is 179 Å². The third kappa shape index (κ3) is 8.86. The lowest BCUT2D eigenvalue weighted by atomic mass is 10.1. The number of aromatic nitrogens is 2. The summed E-state index contributed by atoms with van der Waals surface area (Å²) in [5, 5.41) is 12.1. The van der Waals surface area contributed by atoms with Crippen LogP contribution in [0.4, 0.5) is 23.3 Å². The van der Waals surface area contributed by atoms with E-state index < -0.39 is 20.0 Å². The van der Waals surface area contributed by atoms with Crippen LogP contribution in [0.5, 0.6) is 0 Å². The summed E-state index contributed by atoms with van der Waals surface area (Å²) in [7, 11) is -4.38. The van der Waals surface area contributed by atoms with Crippen molar-refractivity contribution in [2.24, 2.45) is 10.2 Å². The molecule has 13 nitrogen and oxygen atoms in total. The Hall–Kier alpha value is -4.35. The number of hydrogen-bond acceptors (Lipinski definition) is 12. The number of nitrogens with zero attached hydrogens (tertiary/aromatic N) is 4. The SMILES string of the molecule is CNS(=O)(=O)c1ccc(C(C)=NNc2cc(NN=C(C)c3ccc(S(=O)(=O)NC)cc3)nc(Nc3cccc(SC)c3)n2)cc1. The Balaban J connectivity index is 1.60. The summed E-state index contributed by atoms with van der Waals surface area (Å²) in [6, 6.07) is 22.1. The van der Waals surface area contributed by atoms with Gasteiger partial charge in [0.2, 0.25) is 26.0 Å². The first kappa shape index (κ1) is 33.5. The minimum Gasteiger partial charge on any atom is -0.324 e. The van der Waals surface area contributed by atoms with Crippen LogP contribution < -0.4 is 25.6 Å². The van der Waals surface area contributed by atoms with E-state index in [1.807, 2.05) is 30.5 Å². The van der Waals surface area contributed by atoms with Gasteiger partial charge >= 0.3 is 0 Å². The highest BCUT2D eigenvalue weighted by atomic mass is 32.2. The molecule has 4 aromatic rings. The van der Waals surface area contributed by atoms with Crippen LogP contribution in [0.15, 0.2) is 104 Å². The summed E-state index contributed by atoms with van der Waals surface area (Å²) in [4.78, 5) is 10.5. The van der Waals surface area contributed by atoms with E-state index in [9.17, 15) is 16.8 Å². The van der Waals surface area contributed by atoms with E-state index in [1.54, 1.807) is 55.9 Å². The predicted molar refractivity (Wildman–Crippen MR) is 181 cm³/mol. The second-order valence-electron chi connectivity index (χ2n) is 9.40. The van der Waals surface area contributed by atoms with Crippen LogP contribution in [0.3, 0.4) is 0 Å². The Bertz CT molecular complexity index is 1820. The molecule has 0 aliphatic heterocycles. The lowest BCUT2D eigenvalue weighted by Crippen LogP contribution is -2.18. The molecule has 5 N–H and O–H groups in total.